The molecule has 0 atom stereocenters. The molecule has 2 N–H and O–H groups in total. The molecule has 2 rings (SSSR count). The van der Waals surface area contributed by atoms with Gasteiger partial charge < -0.3 is 10.4 Å². The second-order valence-corrected chi connectivity index (χ2v) is 9.06. The molecule has 0 aliphatic heterocycles. The predicted molar refractivity (Wildman–Crippen MR) is 141 cm³/mol. The first-order chi connectivity index (χ1) is 15.6. The third-order valence-electron chi connectivity index (χ3n) is 6.07. The summed E-state index contributed by atoms with van der Waals surface area (Å²) in [5, 5.41) is 13.0. The van der Waals surface area contributed by atoms with Crippen LogP contribution in [-0.2, 0) is 11.2 Å². The summed E-state index contributed by atoms with van der Waals surface area (Å²) in [6, 6.07) is 11.6. The van der Waals surface area contributed by atoms with Crippen molar-refractivity contribution in [1.29, 1.82) is 0 Å². The van der Waals surface area contributed by atoms with Crippen molar-refractivity contribution >= 4 is 23.1 Å². The molecule has 0 radical (unpaired) electrons. The first-order valence-corrected chi connectivity index (χ1v) is 11.9. The van der Waals surface area contributed by atoms with Gasteiger partial charge in [0.05, 0.1) is 5.02 Å². The summed E-state index contributed by atoms with van der Waals surface area (Å²) in [6.45, 7) is 17.3. The van der Waals surface area contributed by atoms with Crippen LogP contribution in [0.4, 0.5) is 0 Å². The maximum atomic E-state index is 12.8. The van der Waals surface area contributed by atoms with E-state index in [0.29, 0.717) is 18.0 Å². The van der Waals surface area contributed by atoms with E-state index < -0.39 is 0 Å². The van der Waals surface area contributed by atoms with E-state index in [0.717, 1.165) is 59.1 Å². The van der Waals surface area contributed by atoms with Crippen LogP contribution in [0.15, 0.2) is 66.3 Å². The maximum absolute atomic E-state index is 12.8. The summed E-state index contributed by atoms with van der Waals surface area (Å²) in [6.07, 6.45) is 3.96. The van der Waals surface area contributed by atoms with Gasteiger partial charge in [-0.1, -0.05) is 67.9 Å². The van der Waals surface area contributed by atoms with Gasteiger partial charge in [0.25, 0.3) is 0 Å². The first kappa shape index (κ1) is 26.5. The second kappa shape index (κ2) is 12.5. The second-order valence-electron chi connectivity index (χ2n) is 8.65. The molecule has 2 aromatic carbocycles. The lowest BCUT2D eigenvalue weighted by Gasteiger charge is -2.16. The number of aromatic hydroxyl groups is 1. The van der Waals surface area contributed by atoms with Crippen LogP contribution in [0.1, 0.15) is 61.8 Å². The van der Waals surface area contributed by atoms with Crippen molar-refractivity contribution in [1.82, 2.24) is 5.32 Å². The number of benzene rings is 2. The number of halogens is 1. The number of carbonyl (C=O) groups excluding carboxylic acids is 1. The Balaban J connectivity index is 1.99. The number of hydrogen-bond donors (Lipinski definition) is 2. The SMILES string of the molecule is C=C(CCC(=C)c1ccc(C)c(C)c1)/C(CCC)=C(\C)C(=O)NCCc1ccc(Cl)c(O)c1. The fraction of sp³-hybridized carbons (Fsp3) is 0.345. The number of aryl methyl sites for hydroxylation is 2. The van der Waals surface area contributed by atoms with Crippen LogP contribution in [0.5, 0.6) is 5.75 Å². The maximum Gasteiger partial charge on any atom is 0.247 e. The summed E-state index contributed by atoms with van der Waals surface area (Å²) >= 11 is 5.85. The van der Waals surface area contributed by atoms with Crippen molar-refractivity contribution in [3.63, 3.8) is 0 Å². The molecule has 1 amide bonds. The monoisotopic (exact) mass is 465 g/mol. The molecule has 0 bridgehead atoms. The van der Waals surface area contributed by atoms with Gasteiger partial charge in [-0.05, 0) is 92.0 Å². The highest BCUT2D eigenvalue weighted by molar-refractivity contribution is 6.32. The Morgan fingerprint density at radius 1 is 1.03 bits per heavy atom. The molecule has 0 saturated carbocycles. The Morgan fingerprint density at radius 3 is 2.39 bits per heavy atom. The summed E-state index contributed by atoms with van der Waals surface area (Å²) in [4.78, 5) is 12.8. The van der Waals surface area contributed by atoms with Gasteiger partial charge in [0, 0.05) is 12.1 Å². The minimum atomic E-state index is -0.0780. The van der Waals surface area contributed by atoms with Crippen molar-refractivity contribution in [2.75, 3.05) is 6.54 Å². The van der Waals surface area contributed by atoms with E-state index in [9.17, 15) is 9.90 Å². The van der Waals surface area contributed by atoms with Gasteiger partial charge >= 0.3 is 0 Å². The lowest BCUT2D eigenvalue weighted by Crippen LogP contribution is -2.27. The molecular weight excluding hydrogens is 430 g/mol. The molecule has 0 saturated heterocycles. The molecular formula is C29H36ClNO2. The normalized spacial score (nSPS) is 11.7. The van der Waals surface area contributed by atoms with Crippen LogP contribution in [0.25, 0.3) is 5.57 Å². The van der Waals surface area contributed by atoms with Crippen LogP contribution in [0, 0.1) is 13.8 Å². The summed E-state index contributed by atoms with van der Waals surface area (Å²) < 4.78 is 0. The lowest BCUT2D eigenvalue weighted by molar-refractivity contribution is -0.117. The van der Waals surface area contributed by atoms with Gasteiger partial charge in [-0.25, -0.2) is 0 Å². The standard InChI is InChI=1S/C29H36ClNO2/c1-7-8-26(21(4)10-9-20(3)25-13-11-19(2)22(5)17-25)23(6)29(33)31-16-15-24-12-14-27(30)28(32)18-24/h11-14,17-18,32H,3-4,7-10,15-16H2,1-2,5-6H3,(H,31,33)/b26-23+. The Kier molecular flexibility index (Phi) is 9.99. The number of hydrogen-bond acceptors (Lipinski definition) is 2. The van der Waals surface area contributed by atoms with Gasteiger partial charge in [-0.3, -0.25) is 4.79 Å². The molecule has 0 aromatic heterocycles. The Morgan fingerprint density at radius 2 is 1.76 bits per heavy atom. The topological polar surface area (TPSA) is 49.3 Å². The molecule has 0 spiro atoms. The Labute approximate surface area is 203 Å². The number of allylic oxidation sites excluding steroid dienone is 3. The summed E-state index contributed by atoms with van der Waals surface area (Å²) in [7, 11) is 0. The van der Waals surface area contributed by atoms with E-state index in [4.69, 9.17) is 11.6 Å². The van der Waals surface area contributed by atoms with Gasteiger partial charge in [0.2, 0.25) is 5.91 Å². The average Bonchev–Trinajstić information content (AvgIpc) is 2.79. The van der Waals surface area contributed by atoms with Crippen LogP contribution in [0.2, 0.25) is 5.02 Å². The largest absolute Gasteiger partial charge is 0.506 e. The van der Waals surface area contributed by atoms with Gasteiger partial charge in [0.1, 0.15) is 5.75 Å². The molecule has 0 aliphatic carbocycles. The average molecular weight is 466 g/mol. The van der Waals surface area contributed by atoms with E-state index in [2.05, 4.69) is 57.4 Å². The van der Waals surface area contributed by atoms with E-state index in [1.54, 1.807) is 12.1 Å². The zero-order chi connectivity index (χ0) is 24.5. The highest BCUT2D eigenvalue weighted by atomic mass is 35.5. The molecule has 0 unspecified atom stereocenters. The Bertz CT molecular complexity index is 1070. The third-order valence-corrected chi connectivity index (χ3v) is 6.39. The number of carbonyl (C=O) groups is 1. The van der Waals surface area contributed by atoms with E-state index in [-0.39, 0.29) is 11.7 Å². The number of amides is 1. The van der Waals surface area contributed by atoms with Crippen LogP contribution in [-0.4, -0.2) is 17.6 Å². The van der Waals surface area contributed by atoms with Crippen molar-refractivity contribution in [2.45, 2.75) is 59.8 Å². The molecule has 176 valence electrons. The number of rotatable bonds is 11. The number of nitrogens with one attached hydrogen (secondary N) is 1. The molecule has 0 aliphatic rings. The number of phenolic OH excluding ortho intramolecular Hbond substituents is 1. The zero-order valence-corrected chi connectivity index (χ0v) is 21.1. The summed E-state index contributed by atoms with van der Waals surface area (Å²) in [5.41, 5.74) is 8.46. The first-order valence-electron chi connectivity index (χ1n) is 11.5. The van der Waals surface area contributed by atoms with Crippen LogP contribution < -0.4 is 5.32 Å². The molecule has 33 heavy (non-hydrogen) atoms. The van der Waals surface area contributed by atoms with Crippen molar-refractivity contribution in [3.05, 3.63) is 93.6 Å². The number of phenols is 1. The van der Waals surface area contributed by atoms with Crippen molar-refractivity contribution in [2.24, 2.45) is 0 Å². The molecule has 0 fully saturated rings. The predicted octanol–water partition coefficient (Wildman–Crippen LogP) is 7.49. The van der Waals surface area contributed by atoms with Crippen LogP contribution in [0.3, 0.4) is 0 Å². The van der Waals surface area contributed by atoms with E-state index in [1.165, 1.54) is 11.1 Å². The highest BCUT2D eigenvalue weighted by Gasteiger charge is 2.14. The minimum Gasteiger partial charge on any atom is -0.506 e. The van der Waals surface area contributed by atoms with E-state index in [1.807, 2.05) is 13.0 Å². The third kappa shape index (κ3) is 7.64. The lowest BCUT2D eigenvalue weighted by atomic mass is 9.91. The van der Waals surface area contributed by atoms with Gasteiger partial charge in [-0.15, -0.1) is 0 Å². The van der Waals surface area contributed by atoms with Crippen molar-refractivity contribution in [3.8, 4) is 5.75 Å². The molecule has 4 heteroatoms. The summed E-state index contributed by atoms with van der Waals surface area (Å²) in [5.74, 6) is -0.0220. The Hall–Kier alpha value is -2.78. The molecule has 3 nitrogen and oxygen atoms in total. The van der Waals surface area contributed by atoms with Crippen molar-refractivity contribution < 1.29 is 9.90 Å². The van der Waals surface area contributed by atoms with Gasteiger partial charge in [0.15, 0.2) is 0 Å². The highest BCUT2D eigenvalue weighted by Crippen LogP contribution is 2.28. The smallest absolute Gasteiger partial charge is 0.247 e. The zero-order valence-electron chi connectivity index (χ0n) is 20.4. The fourth-order valence-electron chi connectivity index (χ4n) is 3.74. The van der Waals surface area contributed by atoms with Crippen LogP contribution >= 0.6 is 11.6 Å². The van der Waals surface area contributed by atoms with Gasteiger partial charge in [-0.2, -0.15) is 0 Å². The minimum absolute atomic E-state index is 0.0560. The quantitative estimate of drug-likeness (QED) is 0.267. The fourth-order valence-corrected chi connectivity index (χ4v) is 3.86. The molecule has 0 heterocycles. The van der Waals surface area contributed by atoms with E-state index >= 15 is 0 Å². The molecule has 2 aromatic rings.